The average molecular weight is 312 g/mol. The fourth-order valence-corrected chi connectivity index (χ4v) is 3.78. The highest BCUT2D eigenvalue weighted by molar-refractivity contribution is 9.11. The van der Waals surface area contributed by atoms with Crippen molar-refractivity contribution in [1.29, 1.82) is 0 Å². The predicted molar refractivity (Wildman–Crippen MR) is 76.6 cm³/mol. The van der Waals surface area contributed by atoms with E-state index >= 15 is 0 Å². The summed E-state index contributed by atoms with van der Waals surface area (Å²) >= 11 is 5.30. The van der Waals surface area contributed by atoms with E-state index in [1.54, 1.807) is 18.4 Å². The molecule has 0 aliphatic heterocycles. The molecule has 0 fully saturated rings. The summed E-state index contributed by atoms with van der Waals surface area (Å²) in [5.74, 6) is 0.876. The van der Waals surface area contributed by atoms with Crippen LogP contribution in [0.25, 0.3) is 10.4 Å². The van der Waals surface area contributed by atoms with E-state index in [1.807, 2.05) is 12.1 Å². The Kier molecular flexibility index (Phi) is 3.86. The van der Waals surface area contributed by atoms with Crippen LogP contribution in [-0.2, 0) is 6.54 Å². The molecule has 0 saturated heterocycles. The summed E-state index contributed by atoms with van der Waals surface area (Å²) in [5, 5.41) is 0. The van der Waals surface area contributed by atoms with Crippen LogP contribution in [0.15, 0.2) is 28.1 Å². The van der Waals surface area contributed by atoms with Crippen LogP contribution in [0.4, 0.5) is 0 Å². The van der Waals surface area contributed by atoms with Gasteiger partial charge < -0.3 is 10.5 Å². The summed E-state index contributed by atoms with van der Waals surface area (Å²) in [6.45, 7) is 2.68. The van der Waals surface area contributed by atoms with Gasteiger partial charge in [-0.2, -0.15) is 0 Å². The quantitative estimate of drug-likeness (QED) is 0.931. The van der Waals surface area contributed by atoms with Gasteiger partial charge in [-0.05, 0) is 63.8 Å². The molecule has 90 valence electrons. The molecule has 0 saturated carbocycles. The van der Waals surface area contributed by atoms with Crippen LogP contribution in [0.2, 0.25) is 0 Å². The molecular weight excluding hydrogens is 298 g/mol. The Morgan fingerprint density at radius 2 is 1.94 bits per heavy atom. The molecule has 1 heterocycles. The van der Waals surface area contributed by atoms with Crippen molar-refractivity contribution in [1.82, 2.24) is 0 Å². The standard InChI is InChI=1S/C13H14BrNOS/c1-8-11(7-15)13(14)17-12(8)9-3-5-10(16-2)6-4-9/h3-6H,7,15H2,1-2H3. The molecule has 0 bridgehead atoms. The molecule has 0 aliphatic rings. The van der Waals surface area contributed by atoms with Gasteiger partial charge in [0.05, 0.1) is 10.9 Å². The molecule has 1 aromatic carbocycles. The highest BCUT2D eigenvalue weighted by Crippen LogP contribution is 2.39. The number of hydrogen-bond acceptors (Lipinski definition) is 3. The zero-order valence-electron chi connectivity index (χ0n) is 9.79. The van der Waals surface area contributed by atoms with E-state index < -0.39 is 0 Å². The Morgan fingerprint density at radius 1 is 1.29 bits per heavy atom. The lowest BCUT2D eigenvalue weighted by Crippen LogP contribution is -1.97. The van der Waals surface area contributed by atoms with E-state index in [-0.39, 0.29) is 0 Å². The largest absolute Gasteiger partial charge is 0.497 e. The smallest absolute Gasteiger partial charge is 0.118 e. The number of methoxy groups -OCH3 is 1. The lowest BCUT2D eigenvalue weighted by atomic mass is 10.1. The topological polar surface area (TPSA) is 35.2 Å². The SMILES string of the molecule is COc1ccc(-c2sc(Br)c(CN)c2C)cc1. The van der Waals surface area contributed by atoms with Crippen molar-refractivity contribution in [3.63, 3.8) is 0 Å². The Hall–Kier alpha value is -0.840. The number of nitrogens with two attached hydrogens (primary N) is 1. The van der Waals surface area contributed by atoms with Gasteiger partial charge in [0.2, 0.25) is 0 Å². The third kappa shape index (κ3) is 2.39. The zero-order valence-corrected chi connectivity index (χ0v) is 12.2. The molecule has 0 amide bonds. The number of thiophene rings is 1. The van der Waals surface area contributed by atoms with Gasteiger partial charge in [0.15, 0.2) is 0 Å². The highest BCUT2D eigenvalue weighted by atomic mass is 79.9. The van der Waals surface area contributed by atoms with Gasteiger partial charge in [0.25, 0.3) is 0 Å². The molecular formula is C13H14BrNOS. The number of rotatable bonds is 3. The van der Waals surface area contributed by atoms with Gasteiger partial charge in [0.1, 0.15) is 5.75 Å². The molecule has 2 aromatic rings. The normalized spacial score (nSPS) is 10.6. The van der Waals surface area contributed by atoms with Gasteiger partial charge in [-0.25, -0.2) is 0 Å². The first-order valence-corrected chi connectivity index (χ1v) is 6.90. The summed E-state index contributed by atoms with van der Waals surface area (Å²) in [6.07, 6.45) is 0. The van der Waals surface area contributed by atoms with Crippen molar-refractivity contribution >= 4 is 27.3 Å². The molecule has 2 N–H and O–H groups in total. The van der Waals surface area contributed by atoms with E-state index in [0.29, 0.717) is 6.54 Å². The van der Waals surface area contributed by atoms with Crippen LogP contribution < -0.4 is 10.5 Å². The molecule has 2 rings (SSSR count). The molecule has 0 unspecified atom stereocenters. The van der Waals surface area contributed by atoms with Gasteiger partial charge in [-0.3, -0.25) is 0 Å². The fourth-order valence-electron chi connectivity index (χ4n) is 1.76. The van der Waals surface area contributed by atoms with E-state index in [1.165, 1.54) is 21.6 Å². The third-order valence-corrected chi connectivity index (χ3v) is 4.91. The second kappa shape index (κ2) is 5.21. The number of ether oxygens (including phenoxy) is 1. The van der Waals surface area contributed by atoms with Crippen molar-refractivity contribution < 1.29 is 4.74 Å². The Morgan fingerprint density at radius 3 is 2.41 bits per heavy atom. The van der Waals surface area contributed by atoms with E-state index in [0.717, 1.165) is 9.54 Å². The van der Waals surface area contributed by atoms with Crippen LogP contribution in [0.5, 0.6) is 5.75 Å². The lowest BCUT2D eigenvalue weighted by molar-refractivity contribution is 0.415. The molecule has 0 aliphatic carbocycles. The summed E-state index contributed by atoms with van der Waals surface area (Å²) in [4.78, 5) is 1.26. The minimum atomic E-state index is 0.569. The summed E-state index contributed by atoms with van der Waals surface area (Å²) in [6, 6.07) is 8.10. The minimum absolute atomic E-state index is 0.569. The monoisotopic (exact) mass is 311 g/mol. The van der Waals surface area contributed by atoms with Crippen LogP contribution in [-0.4, -0.2) is 7.11 Å². The van der Waals surface area contributed by atoms with Crippen LogP contribution in [0.3, 0.4) is 0 Å². The van der Waals surface area contributed by atoms with E-state index in [4.69, 9.17) is 10.5 Å². The molecule has 2 nitrogen and oxygen atoms in total. The van der Waals surface area contributed by atoms with Crippen LogP contribution >= 0.6 is 27.3 Å². The van der Waals surface area contributed by atoms with Crippen molar-refractivity contribution in [2.24, 2.45) is 5.73 Å². The maximum absolute atomic E-state index is 5.75. The predicted octanol–water partition coefficient (Wildman–Crippen LogP) is 3.95. The molecule has 0 spiro atoms. The molecule has 1 aromatic heterocycles. The Labute approximate surface area is 114 Å². The molecule has 0 radical (unpaired) electrons. The second-order valence-corrected chi connectivity index (χ2v) is 6.08. The fraction of sp³-hybridized carbons (Fsp3) is 0.231. The van der Waals surface area contributed by atoms with Crippen molar-refractivity contribution in [3.05, 3.63) is 39.2 Å². The van der Waals surface area contributed by atoms with Crippen LogP contribution in [0, 0.1) is 6.92 Å². The van der Waals surface area contributed by atoms with E-state index in [9.17, 15) is 0 Å². The number of benzene rings is 1. The summed E-state index contributed by atoms with van der Waals surface area (Å²) in [7, 11) is 1.68. The maximum Gasteiger partial charge on any atom is 0.118 e. The van der Waals surface area contributed by atoms with Gasteiger partial charge >= 0.3 is 0 Å². The lowest BCUT2D eigenvalue weighted by Gasteiger charge is -2.03. The first-order chi connectivity index (χ1) is 8.17. The van der Waals surface area contributed by atoms with Crippen molar-refractivity contribution in [2.75, 3.05) is 7.11 Å². The molecule has 4 heteroatoms. The van der Waals surface area contributed by atoms with Crippen LogP contribution in [0.1, 0.15) is 11.1 Å². The first kappa shape index (κ1) is 12.6. The minimum Gasteiger partial charge on any atom is -0.497 e. The molecule has 0 atom stereocenters. The van der Waals surface area contributed by atoms with Gasteiger partial charge in [0, 0.05) is 11.4 Å². The highest BCUT2D eigenvalue weighted by Gasteiger charge is 2.13. The number of hydrogen-bond donors (Lipinski definition) is 1. The van der Waals surface area contributed by atoms with Crippen molar-refractivity contribution in [3.8, 4) is 16.2 Å². The van der Waals surface area contributed by atoms with Gasteiger partial charge in [-0.15, -0.1) is 11.3 Å². The Balaban J connectivity index is 2.45. The van der Waals surface area contributed by atoms with Gasteiger partial charge in [-0.1, -0.05) is 0 Å². The maximum atomic E-state index is 5.75. The summed E-state index contributed by atoms with van der Waals surface area (Å²) in [5.41, 5.74) is 9.40. The Bertz CT molecular complexity index is 519. The number of halogens is 1. The molecule has 17 heavy (non-hydrogen) atoms. The summed E-state index contributed by atoms with van der Waals surface area (Å²) < 4.78 is 6.29. The first-order valence-electron chi connectivity index (χ1n) is 5.29. The zero-order chi connectivity index (χ0) is 12.4. The average Bonchev–Trinajstić information content (AvgIpc) is 2.64. The third-order valence-electron chi connectivity index (χ3n) is 2.78. The second-order valence-electron chi connectivity index (χ2n) is 3.74. The van der Waals surface area contributed by atoms with Crippen molar-refractivity contribution in [2.45, 2.75) is 13.5 Å². The van der Waals surface area contributed by atoms with E-state index in [2.05, 4.69) is 35.0 Å².